The van der Waals surface area contributed by atoms with Crippen LogP contribution in [0.3, 0.4) is 0 Å². The number of non-ortho nitro benzene ring substituents is 1. The van der Waals surface area contributed by atoms with Gasteiger partial charge in [0.25, 0.3) is 11.2 Å². The first-order valence-electron chi connectivity index (χ1n) is 7.69. The highest BCUT2D eigenvalue weighted by Crippen LogP contribution is 2.27. The zero-order valence-corrected chi connectivity index (χ0v) is 16.4. The summed E-state index contributed by atoms with van der Waals surface area (Å²) in [6, 6.07) is 11.1. The van der Waals surface area contributed by atoms with Gasteiger partial charge in [-0.3, -0.25) is 24.3 Å². The molecule has 138 valence electrons. The molecule has 0 unspecified atom stereocenters. The van der Waals surface area contributed by atoms with Crippen LogP contribution in [0.5, 0.6) is 0 Å². The van der Waals surface area contributed by atoms with Crippen LogP contribution in [0.15, 0.2) is 56.9 Å². The van der Waals surface area contributed by atoms with Crippen LogP contribution in [0, 0.1) is 10.1 Å². The van der Waals surface area contributed by atoms with Gasteiger partial charge in [0.15, 0.2) is 5.16 Å². The number of carbonyl (C=O) groups is 1. The second kappa shape index (κ2) is 7.89. The molecule has 0 atom stereocenters. The minimum atomic E-state index is -0.516. The lowest BCUT2D eigenvalue weighted by Crippen LogP contribution is -2.21. The summed E-state index contributed by atoms with van der Waals surface area (Å²) in [5.74, 6) is -0.292. The van der Waals surface area contributed by atoms with Gasteiger partial charge in [-0.05, 0) is 34.1 Å². The molecule has 0 fully saturated rings. The Kier molecular flexibility index (Phi) is 5.57. The summed E-state index contributed by atoms with van der Waals surface area (Å²) < 4.78 is 1.81. The second-order valence-corrected chi connectivity index (χ2v) is 7.33. The number of nitrogens with zero attached hydrogens (tertiary/aromatic N) is 3. The predicted molar refractivity (Wildman–Crippen MR) is 107 cm³/mol. The number of hydrogen-bond acceptors (Lipinski definition) is 6. The third kappa shape index (κ3) is 4.17. The van der Waals surface area contributed by atoms with E-state index in [9.17, 15) is 19.7 Å². The number of nitro groups is 1. The highest BCUT2D eigenvalue weighted by Gasteiger charge is 2.13. The number of carbonyl (C=O) groups excluding carboxylic acids is 1. The molecule has 0 spiro atoms. The fourth-order valence-corrected chi connectivity index (χ4v) is 3.60. The smallest absolute Gasteiger partial charge is 0.270 e. The van der Waals surface area contributed by atoms with Crippen molar-refractivity contribution in [1.82, 2.24) is 9.55 Å². The van der Waals surface area contributed by atoms with E-state index in [1.165, 1.54) is 22.8 Å². The lowest BCUT2D eigenvalue weighted by atomic mass is 10.2. The highest BCUT2D eigenvalue weighted by molar-refractivity contribution is 9.10. The monoisotopic (exact) mass is 448 g/mol. The van der Waals surface area contributed by atoms with Gasteiger partial charge in [-0.25, -0.2) is 4.98 Å². The van der Waals surface area contributed by atoms with E-state index in [0.717, 1.165) is 11.8 Å². The lowest BCUT2D eigenvalue weighted by molar-refractivity contribution is -0.384. The van der Waals surface area contributed by atoms with Gasteiger partial charge >= 0.3 is 0 Å². The molecule has 0 saturated carbocycles. The first-order valence-corrected chi connectivity index (χ1v) is 9.47. The summed E-state index contributed by atoms with van der Waals surface area (Å²) in [7, 11) is 1.61. The number of anilines is 1. The molecular formula is C17H13BrN4O4S. The van der Waals surface area contributed by atoms with Gasteiger partial charge in [0.05, 0.1) is 27.3 Å². The lowest BCUT2D eigenvalue weighted by Gasteiger charge is -2.10. The van der Waals surface area contributed by atoms with Crippen LogP contribution in [0.4, 0.5) is 11.4 Å². The van der Waals surface area contributed by atoms with Crippen LogP contribution in [-0.2, 0) is 11.8 Å². The molecule has 3 aromatic rings. The fraction of sp³-hybridized carbons (Fsp3) is 0.118. The molecule has 27 heavy (non-hydrogen) atoms. The number of nitro benzene ring substituents is 1. The van der Waals surface area contributed by atoms with Gasteiger partial charge in [0.1, 0.15) is 0 Å². The Balaban J connectivity index is 1.73. The van der Waals surface area contributed by atoms with Crippen LogP contribution in [0.25, 0.3) is 10.9 Å². The van der Waals surface area contributed by atoms with E-state index >= 15 is 0 Å². The first-order chi connectivity index (χ1) is 12.9. The Hall–Kier alpha value is -2.72. The normalized spacial score (nSPS) is 10.7. The number of para-hydroxylation sites is 1. The predicted octanol–water partition coefficient (Wildman–Crippen LogP) is 3.34. The molecule has 8 nitrogen and oxygen atoms in total. The summed E-state index contributed by atoms with van der Waals surface area (Å²) in [5, 5.41) is 14.4. The van der Waals surface area contributed by atoms with E-state index < -0.39 is 4.92 Å². The maximum atomic E-state index is 12.4. The largest absolute Gasteiger partial charge is 0.324 e. The molecule has 1 amide bonds. The Morgan fingerprint density at radius 1 is 1.33 bits per heavy atom. The van der Waals surface area contributed by atoms with Crippen LogP contribution < -0.4 is 10.9 Å². The van der Waals surface area contributed by atoms with Crippen molar-refractivity contribution < 1.29 is 9.72 Å². The fourth-order valence-electron chi connectivity index (χ4n) is 2.36. The summed E-state index contributed by atoms with van der Waals surface area (Å²) in [5.41, 5.74) is 0.736. The standard InChI is InChI=1S/C17H13BrN4O4S/c1-21-16(24)11-4-2-3-5-13(11)20-17(21)27-9-15(23)19-14-7-6-10(22(25)26)8-12(14)18/h2-8H,9H2,1H3,(H,19,23). The minimum Gasteiger partial charge on any atom is -0.324 e. The number of halogens is 1. The maximum Gasteiger partial charge on any atom is 0.270 e. The van der Waals surface area contributed by atoms with Gasteiger partial charge in [-0.1, -0.05) is 23.9 Å². The number of fused-ring (bicyclic) bond motifs is 1. The Labute approximate surface area is 165 Å². The van der Waals surface area contributed by atoms with Gasteiger partial charge < -0.3 is 5.32 Å². The van der Waals surface area contributed by atoms with Gasteiger partial charge in [0.2, 0.25) is 5.91 Å². The number of rotatable bonds is 5. The number of aromatic nitrogens is 2. The number of amides is 1. The first kappa shape index (κ1) is 19.1. The number of nitrogens with one attached hydrogen (secondary N) is 1. The van der Waals surface area contributed by atoms with Gasteiger partial charge in [0, 0.05) is 23.7 Å². The van der Waals surface area contributed by atoms with Gasteiger partial charge in [-0.15, -0.1) is 0 Å². The third-order valence-electron chi connectivity index (χ3n) is 3.71. The molecular weight excluding hydrogens is 436 g/mol. The molecule has 1 N–H and O–H groups in total. The second-order valence-electron chi connectivity index (χ2n) is 5.53. The minimum absolute atomic E-state index is 0.0298. The van der Waals surface area contributed by atoms with Crippen LogP contribution >= 0.6 is 27.7 Å². The van der Waals surface area contributed by atoms with E-state index in [-0.39, 0.29) is 22.9 Å². The van der Waals surface area contributed by atoms with Crippen molar-refractivity contribution in [2.24, 2.45) is 7.05 Å². The van der Waals surface area contributed by atoms with Crippen LogP contribution in [-0.4, -0.2) is 26.1 Å². The highest BCUT2D eigenvalue weighted by atomic mass is 79.9. The number of hydrogen-bond donors (Lipinski definition) is 1. The third-order valence-corrected chi connectivity index (χ3v) is 5.40. The molecule has 1 heterocycles. The van der Waals surface area contributed by atoms with E-state index in [2.05, 4.69) is 26.2 Å². The quantitative estimate of drug-likeness (QED) is 0.277. The zero-order valence-electron chi connectivity index (χ0n) is 14.0. The van der Waals surface area contributed by atoms with Crippen molar-refractivity contribution in [3.05, 3.63) is 67.4 Å². The van der Waals surface area contributed by atoms with Crippen LogP contribution in [0.1, 0.15) is 0 Å². The molecule has 0 radical (unpaired) electrons. The van der Waals surface area contributed by atoms with Crippen molar-refractivity contribution in [3.63, 3.8) is 0 Å². The van der Waals surface area contributed by atoms with E-state index in [1.807, 2.05) is 0 Å². The molecule has 0 bridgehead atoms. The molecule has 1 aromatic heterocycles. The van der Waals surface area contributed by atoms with Crippen molar-refractivity contribution in [2.45, 2.75) is 5.16 Å². The summed E-state index contributed by atoms with van der Waals surface area (Å²) in [6.07, 6.45) is 0. The van der Waals surface area contributed by atoms with Crippen molar-refractivity contribution in [3.8, 4) is 0 Å². The topological polar surface area (TPSA) is 107 Å². The molecule has 0 aliphatic heterocycles. The van der Waals surface area contributed by atoms with Crippen molar-refractivity contribution in [2.75, 3.05) is 11.1 Å². The summed E-state index contributed by atoms with van der Waals surface area (Å²) in [6.45, 7) is 0. The molecule has 3 rings (SSSR count). The van der Waals surface area contributed by atoms with Crippen molar-refractivity contribution in [1.29, 1.82) is 0 Å². The Bertz CT molecular complexity index is 1120. The SMILES string of the molecule is Cn1c(SCC(=O)Nc2ccc([N+](=O)[O-])cc2Br)nc2ccccc2c1=O. The summed E-state index contributed by atoms with van der Waals surface area (Å²) >= 11 is 4.34. The molecule has 0 saturated heterocycles. The molecule has 10 heteroatoms. The van der Waals surface area contributed by atoms with E-state index in [4.69, 9.17) is 0 Å². The average Bonchev–Trinajstić information content (AvgIpc) is 2.65. The summed E-state index contributed by atoms with van der Waals surface area (Å²) in [4.78, 5) is 39.2. The van der Waals surface area contributed by atoms with Gasteiger partial charge in [-0.2, -0.15) is 0 Å². The molecule has 0 aliphatic carbocycles. The number of benzene rings is 2. The van der Waals surface area contributed by atoms with Crippen molar-refractivity contribution >= 4 is 55.9 Å². The van der Waals surface area contributed by atoms with Crippen LogP contribution in [0.2, 0.25) is 0 Å². The number of thioether (sulfide) groups is 1. The average molecular weight is 449 g/mol. The zero-order chi connectivity index (χ0) is 19.6. The molecule has 0 aliphatic rings. The Morgan fingerprint density at radius 2 is 2.07 bits per heavy atom. The Morgan fingerprint density at radius 3 is 2.78 bits per heavy atom. The van der Waals surface area contributed by atoms with E-state index in [0.29, 0.717) is 26.2 Å². The maximum absolute atomic E-state index is 12.4. The van der Waals surface area contributed by atoms with E-state index in [1.54, 1.807) is 31.3 Å². The molecule has 2 aromatic carbocycles.